The highest BCUT2D eigenvalue weighted by Crippen LogP contribution is 2.29. The van der Waals surface area contributed by atoms with Crippen molar-refractivity contribution < 1.29 is 4.74 Å². The van der Waals surface area contributed by atoms with E-state index in [1.165, 1.54) is 6.33 Å². The first-order chi connectivity index (χ1) is 12.9. The van der Waals surface area contributed by atoms with E-state index in [-0.39, 0.29) is 0 Å². The monoisotopic (exact) mass is 339 g/mol. The minimum Gasteiger partial charge on any atom is -0.438 e. The van der Waals surface area contributed by atoms with Gasteiger partial charge in [-0.25, -0.2) is 14.6 Å². The molecule has 0 saturated carbocycles. The van der Waals surface area contributed by atoms with Crippen LogP contribution < -0.4 is 4.74 Å². The van der Waals surface area contributed by atoms with E-state index >= 15 is 0 Å². The summed E-state index contributed by atoms with van der Waals surface area (Å²) in [6, 6.07) is 19.5. The van der Waals surface area contributed by atoms with Gasteiger partial charge in [0.2, 0.25) is 5.88 Å². The zero-order valence-electron chi connectivity index (χ0n) is 13.6. The zero-order valence-corrected chi connectivity index (χ0v) is 13.6. The van der Waals surface area contributed by atoms with Crippen molar-refractivity contribution >= 4 is 21.9 Å². The van der Waals surface area contributed by atoms with Gasteiger partial charge in [-0.2, -0.15) is 5.10 Å². The van der Waals surface area contributed by atoms with Gasteiger partial charge in [0.1, 0.15) is 17.5 Å². The van der Waals surface area contributed by atoms with Gasteiger partial charge in [-0.3, -0.25) is 4.98 Å². The number of aromatic nitrogens is 5. The predicted molar refractivity (Wildman–Crippen MR) is 98.5 cm³/mol. The molecule has 26 heavy (non-hydrogen) atoms. The number of para-hydroxylation sites is 1. The van der Waals surface area contributed by atoms with Crippen LogP contribution >= 0.6 is 0 Å². The third-order valence-electron chi connectivity index (χ3n) is 4.12. The Balaban J connectivity index is 1.57. The van der Waals surface area contributed by atoms with Crippen molar-refractivity contribution in [1.29, 1.82) is 0 Å². The average molecular weight is 339 g/mol. The molecular weight excluding hydrogens is 326 g/mol. The predicted octanol–water partition coefficient (Wildman–Crippen LogP) is 4.16. The average Bonchev–Trinajstić information content (AvgIpc) is 3.14. The smallest absolute Gasteiger partial charge is 0.233 e. The van der Waals surface area contributed by atoms with E-state index in [9.17, 15) is 0 Å². The van der Waals surface area contributed by atoms with Crippen LogP contribution in [0.15, 0.2) is 79.4 Å². The molecule has 0 N–H and O–H groups in total. The summed E-state index contributed by atoms with van der Waals surface area (Å²) in [6.07, 6.45) is 4.98. The maximum Gasteiger partial charge on any atom is 0.233 e. The molecule has 124 valence electrons. The molecule has 3 heterocycles. The molecule has 0 atom stereocenters. The van der Waals surface area contributed by atoms with Crippen LogP contribution in [0.2, 0.25) is 0 Å². The first kappa shape index (κ1) is 14.5. The molecule has 0 amide bonds. The van der Waals surface area contributed by atoms with Crippen molar-refractivity contribution in [2.75, 3.05) is 0 Å². The van der Waals surface area contributed by atoms with Gasteiger partial charge in [0.15, 0.2) is 5.65 Å². The number of benzene rings is 2. The fourth-order valence-electron chi connectivity index (χ4n) is 2.89. The van der Waals surface area contributed by atoms with Crippen LogP contribution in [-0.4, -0.2) is 24.7 Å². The van der Waals surface area contributed by atoms with Gasteiger partial charge in [0, 0.05) is 11.6 Å². The zero-order chi connectivity index (χ0) is 17.3. The van der Waals surface area contributed by atoms with Gasteiger partial charge >= 0.3 is 0 Å². The molecule has 0 aliphatic carbocycles. The molecule has 0 radical (unpaired) electrons. The molecule has 6 heteroatoms. The standard InChI is InChI=1S/C20H13N5O/c1-2-6-15(7-3-1)25-19-17(12-24-25)20(23-13-22-19)26-16-8-9-18-14(11-16)5-4-10-21-18/h1-13H. The second-order valence-corrected chi connectivity index (χ2v) is 5.77. The molecule has 0 aliphatic heterocycles. The molecule has 5 aromatic rings. The van der Waals surface area contributed by atoms with E-state index in [0.717, 1.165) is 22.0 Å². The second-order valence-electron chi connectivity index (χ2n) is 5.77. The van der Waals surface area contributed by atoms with E-state index in [2.05, 4.69) is 20.1 Å². The lowest BCUT2D eigenvalue weighted by Crippen LogP contribution is -1.98. The van der Waals surface area contributed by atoms with Crippen LogP contribution in [0.1, 0.15) is 0 Å². The molecule has 0 saturated heterocycles. The maximum absolute atomic E-state index is 6.02. The molecule has 0 spiro atoms. The Morgan fingerprint density at radius 3 is 2.69 bits per heavy atom. The normalized spacial score (nSPS) is 11.1. The number of hydrogen-bond acceptors (Lipinski definition) is 5. The molecule has 0 aliphatic rings. The highest BCUT2D eigenvalue weighted by Gasteiger charge is 2.13. The Labute approximate surface area is 148 Å². The van der Waals surface area contributed by atoms with Crippen LogP contribution in [0.5, 0.6) is 11.6 Å². The highest BCUT2D eigenvalue weighted by atomic mass is 16.5. The Kier molecular flexibility index (Phi) is 3.31. The fraction of sp³-hybridized carbons (Fsp3) is 0. The van der Waals surface area contributed by atoms with Crippen molar-refractivity contribution in [3.8, 4) is 17.3 Å². The van der Waals surface area contributed by atoms with Gasteiger partial charge in [-0.05, 0) is 36.4 Å². The molecule has 0 fully saturated rings. The quantitative estimate of drug-likeness (QED) is 0.494. The topological polar surface area (TPSA) is 65.7 Å². The molecular formula is C20H13N5O. The van der Waals surface area contributed by atoms with Gasteiger partial charge < -0.3 is 4.74 Å². The SMILES string of the molecule is c1ccc(-n2ncc3c(Oc4ccc5ncccc5c4)ncnc32)cc1. The molecule has 2 aromatic carbocycles. The lowest BCUT2D eigenvalue weighted by Gasteiger charge is -2.07. The third kappa shape index (κ3) is 2.44. The van der Waals surface area contributed by atoms with Crippen molar-refractivity contribution in [1.82, 2.24) is 24.7 Å². The number of rotatable bonds is 3. The van der Waals surface area contributed by atoms with Crippen LogP contribution in [0.25, 0.3) is 27.6 Å². The van der Waals surface area contributed by atoms with Crippen LogP contribution in [0.4, 0.5) is 0 Å². The maximum atomic E-state index is 6.02. The Bertz CT molecular complexity index is 1220. The van der Waals surface area contributed by atoms with Gasteiger partial charge in [-0.1, -0.05) is 24.3 Å². The van der Waals surface area contributed by atoms with E-state index < -0.39 is 0 Å². The third-order valence-corrected chi connectivity index (χ3v) is 4.12. The van der Waals surface area contributed by atoms with Crippen molar-refractivity contribution in [3.63, 3.8) is 0 Å². The Morgan fingerprint density at radius 1 is 0.846 bits per heavy atom. The first-order valence-corrected chi connectivity index (χ1v) is 8.15. The lowest BCUT2D eigenvalue weighted by molar-refractivity contribution is 0.469. The minimum absolute atomic E-state index is 0.473. The molecule has 0 bridgehead atoms. The summed E-state index contributed by atoms with van der Waals surface area (Å²) < 4.78 is 7.79. The van der Waals surface area contributed by atoms with Gasteiger partial charge in [-0.15, -0.1) is 0 Å². The number of ether oxygens (including phenoxy) is 1. The number of nitrogens with zero attached hydrogens (tertiary/aromatic N) is 5. The summed E-state index contributed by atoms with van der Waals surface area (Å²) in [5.74, 6) is 1.17. The summed E-state index contributed by atoms with van der Waals surface area (Å²) in [5, 5.41) is 6.20. The van der Waals surface area contributed by atoms with Crippen LogP contribution in [0.3, 0.4) is 0 Å². The number of fused-ring (bicyclic) bond motifs is 2. The summed E-state index contributed by atoms with van der Waals surface area (Å²) in [4.78, 5) is 13.0. The number of pyridine rings is 1. The van der Waals surface area contributed by atoms with Crippen molar-refractivity contribution in [2.24, 2.45) is 0 Å². The molecule has 5 rings (SSSR count). The van der Waals surface area contributed by atoms with Crippen molar-refractivity contribution in [2.45, 2.75) is 0 Å². The fourth-order valence-corrected chi connectivity index (χ4v) is 2.89. The van der Waals surface area contributed by atoms with Gasteiger partial charge in [0.25, 0.3) is 0 Å². The second kappa shape index (κ2) is 5.93. The first-order valence-electron chi connectivity index (χ1n) is 8.15. The number of hydrogen-bond donors (Lipinski definition) is 0. The van der Waals surface area contributed by atoms with Crippen LogP contribution in [0, 0.1) is 0 Å². The lowest BCUT2D eigenvalue weighted by atomic mass is 10.2. The molecule has 6 nitrogen and oxygen atoms in total. The highest BCUT2D eigenvalue weighted by molar-refractivity contribution is 5.82. The molecule has 3 aromatic heterocycles. The summed E-state index contributed by atoms with van der Waals surface area (Å²) in [7, 11) is 0. The van der Waals surface area contributed by atoms with Gasteiger partial charge in [0.05, 0.1) is 17.4 Å². The van der Waals surface area contributed by atoms with Crippen molar-refractivity contribution in [3.05, 3.63) is 79.4 Å². The van der Waals surface area contributed by atoms with E-state index in [0.29, 0.717) is 17.3 Å². The largest absolute Gasteiger partial charge is 0.438 e. The summed E-state index contributed by atoms with van der Waals surface area (Å²) in [6.45, 7) is 0. The van der Waals surface area contributed by atoms with E-state index in [1.54, 1.807) is 17.1 Å². The summed E-state index contributed by atoms with van der Waals surface area (Å²) >= 11 is 0. The Hall–Kier alpha value is -3.80. The molecule has 0 unspecified atom stereocenters. The Morgan fingerprint density at radius 2 is 1.77 bits per heavy atom. The summed E-state index contributed by atoms with van der Waals surface area (Å²) in [5.41, 5.74) is 2.55. The van der Waals surface area contributed by atoms with E-state index in [4.69, 9.17) is 4.74 Å². The van der Waals surface area contributed by atoms with Crippen LogP contribution in [-0.2, 0) is 0 Å². The minimum atomic E-state index is 0.473. The van der Waals surface area contributed by atoms with E-state index in [1.807, 2.05) is 60.7 Å².